The maximum absolute atomic E-state index is 12.4. The SMILES string of the molecule is Cc1c2ccc(NC(=O)NC3CCOC(c4cccnc4)C3)cc2nn1C. The van der Waals surface area contributed by atoms with Crippen LogP contribution in [-0.2, 0) is 11.8 Å². The number of carbonyl (C=O) groups is 1. The topological polar surface area (TPSA) is 81.1 Å². The van der Waals surface area contributed by atoms with Gasteiger partial charge >= 0.3 is 6.03 Å². The zero-order valence-corrected chi connectivity index (χ0v) is 15.5. The number of nitrogens with zero attached hydrogens (tertiary/aromatic N) is 3. The van der Waals surface area contributed by atoms with E-state index in [4.69, 9.17) is 4.74 Å². The van der Waals surface area contributed by atoms with Gasteiger partial charge in [-0.2, -0.15) is 5.10 Å². The van der Waals surface area contributed by atoms with Crippen LogP contribution < -0.4 is 10.6 Å². The molecule has 27 heavy (non-hydrogen) atoms. The lowest BCUT2D eigenvalue weighted by molar-refractivity contribution is 0.00235. The molecule has 0 spiro atoms. The van der Waals surface area contributed by atoms with Crippen molar-refractivity contribution in [2.24, 2.45) is 7.05 Å². The Kier molecular flexibility index (Phi) is 4.77. The first-order valence-electron chi connectivity index (χ1n) is 9.12. The Hall–Kier alpha value is -2.93. The quantitative estimate of drug-likeness (QED) is 0.746. The lowest BCUT2D eigenvalue weighted by Gasteiger charge is -2.30. The van der Waals surface area contributed by atoms with E-state index in [1.165, 1.54) is 0 Å². The molecule has 7 nitrogen and oxygen atoms in total. The zero-order chi connectivity index (χ0) is 18.8. The van der Waals surface area contributed by atoms with E-state index in [2.05, 4.69) is 20.7 Å². The molecule has 0 radical (unpaired) electrons. The first-order chi connectivity index (χ1) is 13.1. The predicted molar refractivity (Wildman–Crippen MR) is 104 cm³/mol. The number of urea groups is 1. The molecule has 0 saturated carbocycles. The normalized spacial score (nSPS) is 19.8. The number of hydrogen-bond acceptors (Lipinski definition) is 4. The molecule has 4 rings (SSSR count). The number of carbonyl (C=O) groups excluding carboxylic acids is 1. The molecule has 1 aliphatic rings. The van der Waals surface area contributed by atoms with E-state index in [0.29, 0.717) is 6.61 Å². The van der Waals surface area contributed by atoms with E-state index in [-0.39, 0.29) is 18.2 Å². The van der Waals surface area contributed by atoms with Crippen LogP contribution in [0, 0.1) is 6.92 Å². The summed E-state index contributed by atoms with van der Waals surface area (Å²) in [5.41, 5.74) is 3.74. The zero-order valence-electron chi connectivity index (χ0n) is 15.5. The van der Waals surface area contributed by atoms with Crippen LogP contribution in [0.25, 0.3) is 10.9 Å². The first kappa shape index (κ1) is 17.5. The van der Waals surface area contributed by atoms with Gasteiger partial charge in [-0.3, -0.25) is 9.67 Å². The maximum atomic E-state index is 12.4. The number of anilines is 1. The third-order valence-corrected chi connectivity index (χ3v) is 5.06. The summed E-state index contributed by atoms with van der Waals surface area (Å²) in [7, 11) is 1.92. The number of ether oxygens (including phenoxy) is 1. The Balaban J connectivity index is 1.39. The van der Waals surface area contributed by atoms with Crippen LogP contribution in [0.2, 0.25) is 0 Å². The molecule has 2 aromatic heterocycles. The molecule has 140 valence electrons. The van der Waals surface area contributed by atoms with Crippen molar-refractivity contribution in [2.45, 2.75) is 31.9 Å². The number of amides is 2. The third kappa shape index (κ3) is 3.78. The molecule has 1 fully saturated rings. The highest BCUT2D eigenvalue weighted by Gasteiger charge is 2.25. The molecular weight excluding hydrogens is 342 g/mol. The Bertz CT molecular complexity index is 954. The summed E-state index contributed by atoms with van der Waals surface area (Å²) in [6.07, 6.45) is 5.05. The number of nitrogens with one attached hydrogen (secondary N) is 2. The van der Waals surface area contributed by atoms with Gasteiger partial charge in [0.15, 0.2) is 0 Å². The Morgan fingerprint density at radius 3 is 3.04 bits per heavy atom. The van der Waals surface area contributed by atoms with Crippen LogP contribution in [0.4, 0.5) is 10.5 Å². The second-order valence-electron chi connectivity index (χ2n) is 6.91. The number of aryl methyl sites for hydroxylation is 2. The van der Waals surface area contributed by atoms with Crippen LogP contribution in [0.5, 0.6) is 0 Å². The van der Waals surface area contributed by atoms with Crippen molar-refractivity contribution in [1.29, 1.82) is 0 Å². The van der Waals surface area contributed by atoms with Gasteiger partial charge in [-0.05, 0) is 49.6 Å². The second kappa shape index (κ2) is 7.36. The minimum atomic E-state index is -0.209. The van der Waals surface area contributed by atoms with Crippen LogP contribution in [0.1, 0.15) is 30.2 Å². The van der Waals surface area contributed by atoms with Crippen LogP contribution in [-0.4, -0.2) is 33.4 Å². The molecule has 3 heterocycles. The van der Waals surface area contributed by atoms with E-state index in [9.17, 15) is 4.79 Å². The summed E-state index contributed by atoms with van der Waals surface area (Å²) in [5.74, 6) is 0. The molecule has 3 aromatic rings. The molecule has 1 aliphatic heterocycles. The smallest absolute Gasteiger partial charge is 0.319 e. The number of hydrogen-bond donors (Lipinski definition) is 2. The number of rotatable bonds is 3. The predicted octanol–water partition coefficient (Wildman–Crippen LogP) is 3.32. The van der Waals surface area contributed by atoms with Gasteiger partial charge in [0.2, 0.25) is 0 Å². The van der Waals surface area contributed by atoms with Crippen molar-refractivity contribution in [3.63, 3.8) is 0 Å². The van der Waals surface area contributed by atoms with E-state index in [1.54, 1.807) is 6.20 Å². The summed E-state index contributed by atoms with van der Waals surface area (Å²) >= 11 is 0. The fourth-order valence-corrected chi connectivity index (χ4v) is 3.49. The number of benzene rings is 1. The van der Waals surface area contributed by atoms with Crippen molar-refractivity contribution in [3.8, 4) is 0 Å². The molecule has 2 unspecified atom stereocenters. The summed E-state index contributed by atoms with van der Waals surface area (Å²) in [4.78, 5) is 16.6. The molecule has 2 atom stereocenters. The molecule has 2 N–H and O–H groups in total. The molecule has 2 amide bonds. The van der Waals surface area contributed by atoms with Gasteiger partial charge in [-0.15, -0.1) is 0 Å². The average molecular weight is 365 g/mol. The van der Waals surface area contributed by atoms with Crippen molar-refractivity contribution in [1.82, 2.24) is 20.1 Å². The van der Waals surface area contributed by atoms with E-state index >= 15 is 0 Å². The summed E-state index contributed by atoms with van der Waals surface area (Å²) in [6.45, 7) is 2.64. The van der Waals surface area contributed by atoms with E-state index in [1.807, 2.05) is 55.2 Å². The highest BCUT2D eigenvalue weighted by atomic mass is 16.5. The molecule has 7 heteroatoms. The highest BCUT2D eigenvalue weighted by Crippen LogP contribution is 2.27. The van der Waals surface area contributed by atoms with Crippen molar-refractivity contribution in [3.05, 3.63) is 54.0 Å². The fourth-order valence-electron chi connectivity index (χ4n) is 3.49. The third-order valence-electron chi connectivity index (χ3n) is 5.06. The van der Waals surface area contributed by atoms with Gasteiger partial charge in [-0.1, -0.05) is 6.07 Å². The minimum Gasteiger partial charge on any atom is -0.373 e. The minimum absolute atomic E-state index is 0.0365. The Labute approximate surface area is 157 Å². The monoisotopic (exact) mass is 365 g/mol. The van der Waals surface area contributed by atoms with Crippen LogP contribution in [0.3, 0.4) is 0 Å². The maximum Gasteiger partial charge on any atom is 0.319 e. The van der Waals surface area contributed by atoms with Gasteiger partial charge in [0, 0.05) is 48.9 Å². The Morgan fingerprint density at radius 2 is 2.22 bits per heavy atom. The number of fused-ring (bicyclic) bond motifs is 1. The van der Waals surface area contributed by atoms with Gasteiger partial charge in [0.1, 0.15) is 0 Å². The van der Waals surface area contributed by atoms with Gasteiger partial charge in [-0.25, -0.2) is 4.79 Å². The summed E-state index contributed by atoms with van der Waals surface area (Å²) in [5, 5.41) is 11.5. The average Bonchev–Trinajstić information content (AvgIpc) is 2.96. The standard InChI is InChI=1S/C20H23N5O2/c1-13-17-6-5-15(10-18(17)24-25(13)2)22-20(26)23-16-7-9-27-19(11-16)14-4-3-8-21-12-14/h3-6,8,10,12,16,19H,7,9,11H2,1-2H3,(H2,22,23,26). The molecule has 0 bridgehead atoms. The van der Waals surface area contributed by atoms with Crippen LogP contribution in [0.15, 0.2) is 42.7 Å². The van der Waals surface area contributed by atoms with Crippen molar-refractivity contribution in [2.75, 3.05) is 11.9 Å². The van der Waals surface area contributed by atoms with Gasteiger partial charge in [0.05, 0.1) is 11.6 Å². The lowest BCUT2D eigenvalue weighted by Crippen LogP contribution is -2.42. The highest BCUT2D eigenvalue weighted by molar-refractivity contribution is 5.93. The van der Waals surface area contributed by atoms with Crippen molar-refractivity contribution < 1.29 is 9.53 Å². The largest absolute Gasteiger partial charge is 0.373 e. The fraction of sp³-hybridized carbons (Fsp3) is 0.350. The Morgan fingerprint density at radius 1 is 1.33 bits per heavy atom. The number of aromatic nitrogens is 3. The van der Waals surface area contributed by atoms with E-state index in [0.717, 1.165) is 40.7 Å². The van der Waals surface area contributed by atoms with Crippen LogP contribution >= 0.6 is 0 Å². The summed E-state index contributed by atoms with van der Waals surface area (Å²) < 4.78 is 7.68. The lowest BCUT2D eigenvalue weighted by atomic mass is 9.99. The molecular formula is C20H23N5O2. The van der Waals surface area contributed by atoms with Crippen molar-refractivity contribution >= 4 is 22.6 Å². The molecule has 1 saturated heterocycles. The van der Waals surface area contributed by atoms with Gasteiger partial charge < -0.3 is 15.4 Å². The van der Waals surface area contributed by atoms with E-state index < -0.39 is 0 Å². The first-order valence-corrected chi connectivity index (χ1v) is 9.12. The summed E-state index contributed by atoms with van der Waals surface area (Å²) in [6, 6.07) is 9.54. The number of pyridine rings is 1. The van der Waals surface area contributed by atoms with Gasteiger partial charge in [0.25, 0.3) is 0 Å². The molecule has 1 aromatic carbocycles. The molecule has 0 aliphatic carbocycles. The second-order valence-corrected chi connectivity index (χ2v) is 6.91.